The van der Waals surface area contributed by atoms with Gasteiger partial charge >= 0.3 is 18.0 Å². The van der Waals surface area contributed by atoms with Crippen molar-refractivity contribution in [3.8, 4) is 0 Å². The second-order valence-corrected chi connectivity index (χ2v) is 5.19. The molecule has 21 heavy (non-hydrogen) atoms. The van der Waals surface area contributed by atoms with Gasteiger partial charge in [-0.15, -0.1) is 11.3 Å². The van der Waals surface area contributed by atoms with Crippen LogP contribution in [0.25, 0.3) is 0 Å². The molecule has 4 N–H and O–H groups in total. The lowest BCUT2D eigenvalue weighted by Gasteiger charge is -2.18. The number of thiophene rings is 1. The first kappa shape index (κ1) is 16.9. The molecule has 0 saturated heterocycles. The first-order valence-electron chi connectivity index (χ1n) is 6.03. The third-order valence-electron chi connectivity index (χ3n) is 2.44. The third-order valence-corrected chi connectivity index (χ3v) is 3.27. The van der Waals surface area contributed by atoms with Crippen LogP contribution < -0.4 is 10.6 Å². The van der Waals surface area contributed by atoms with Gasteiger partial charge in [-0.25, -0.2) is 14.4 Å². The molecule has 0 aliphatic rings. The van der Waals surface area contributed by atoms with Crippen molar-refractivity contribution < 1.29 is 29.3 Å². The number of anilines is 1. The van der Waals surface area contributed by atoms with Crippen LogP contribution in [0.2, 0.25) is 0 Å². The van der Waals surface area contributed by atoms with E-state index in [0.717, 1.165) is 18.3 Å². The summed E-state index contributed by atoms with van der Waals surface area (Å²) < 4.78 is 4.83. The molecule has 1 heterocycles. The maximum atomic E-state index is 11.6. The highest BCUT2D eigenvalue weighted by Crippen LogP contribution is 2.23. The number of carbonyl (C=O) groups is 3. The number of carbonyl (C=O) groups excluding carboxylic acids is 2. The van der Waals surface area contributed by atoms with Crippen molar-refractivity contribution in [3.63, 3.8) is 0 Å². The normalized spacial score (nSPS) is 13.1. The van der Waals surface area contributed by atoms with Gasteiger partial charge in [0.05, 0.1) is 18.7 Å². The van der Waals surface area contributed by atoms with Crippen molar-refractivity contribution >= 4 is 34.3 Å². The fourth-order valence-corrected chi connectivity index (χ4v) is 2.02. The minimum absolute atomic E-state index is 0.210. The topological polar surface area (TPSA) is 125 Å². The molecule has 1 aromatic heterocycles. The number of ether oxygens (including phenoxy) is 1. The number of carboxylic acids is 1. The summed E-state index contributed by atoms with van der Waals surface area (Å²) in [5.74, 6) is -2.02. The van der Waals surface area contributed by atoms with Gasteiger partial charge in [0.25, 0.3) is 0 Å². The summed E-state index contributed by atoms with van der Waals surface area (Å²) in [6, 6.07) is 0.774. The number of hydrogen-bond donors (Lipinski definition) is 4. The molecule has 1 aromatic rings. The van der Waals surface area contributed by atoms with Gasteiger partial charge in [0.1, 0.15) is 5.00 Å². The molecular weight excluding hydrogens is 300 g/mol. The van der Waals surface area contributed by atoms with Crippen LogP contribution in [0.3, 0.4) is 0 Å². The van der Waals surface area contributed by atoms with Gasteiger partial charge in [0, 0.05) is 0 Å². The number of esters is 1. The highest BCUT2D eigenvalue weighted by molar-refractivity contribution is 7.14. The first-order valence-corrected chi connectivity index (χ1v) is 6.91. The van der Waals surface area contributed by atoms with Crippen molar-refractivity contribution in [2.45, 2.75) is 19.4 Å². The maximum Gasteiger partial charge on any atom is 0.341 e. The van der Waals surface area contributed by atoms with Crippen LogP contribution in [0.4, 0.5) is 9.80 Å². The number of nitrogens with one attached hydrogen (secondary N) is 2. The molecular formula is C12H16N2O6S. The molecule has 1 unspecified atom stereocenters. The Morgan fingerprint density at radius 2 is 2.10 bits per heavy atom. The Morgan fingerprint density at radius 3 is 2.67 bits per heavy atom. The molecule has 8 nitrogen and oxygen atoms in total. The molecule has 0 saturated carbocycles. The SMILES string of the molecule is CCOC(=O)c1ccsc1NC(=O)NCC(C)(O)C(=O)O. The highest BCUT2D eigenvalue weighted by atomic mass is 32.1. The van der Waals surface area contributed by atoms with Gasteiger partial charge in [-0.3, -0.25) is 5.32 Å². The quantitative estimate of drug-likeness (QED) is 0.577. The van der Waals surface area contributed by atoms with Gasteiger partial charge in [-0.2, -0.15) is 0 Å². The predicted molar refractivity (Wildman–Crippen MR) is 75.6 cm³/mol. The molecule has 116 valence electrons. The fourth-order valence-electron chi connectivity index (χ4n) is 1.25. The van der Waals surface area contributed by atoms with E-state index in [9.17, 15) is 19.5 Å². The van der Waals surface area contributed by atoms with E-state index in [0.29, 0.717) is 0 Å². The lowest BCUT2D eigenvalue weighted by molar-refractivity contribution is -0.155. The Morgan fingerprint density at radius 1 is 1.43 bits per heavy atom. The Bertz CT molecular complexity index is 540. The molecule has 0 radical (unpaired) electrons. The zero-order valence-electron chi connectivity index (χ0n) is 11.5. The molecule has 2 amide bonds. The molecule has 0 aliphatic carbocycles. The van der Waals surface area contributed by atoms with E-state index in [2.05, 4.69) is 10.6 Å². The van der Waals surface area contributed by atoms with Crippen molar-refractivity contribution in [2.75, 3.05) is 18.5 Å². The van der Waals surface area contributed by atoms with E-state index in [4.69, 9.17) is 9.84 Å². The monoisotopic (exact) mass is 316 g/mol. The lowest BCUT2D eigenvalue weighted by atomic mass is 10.1. The number of amides is 2. The van der Waals surface area contributed by atoms with E-state index < -0.39 is 30.1 Å². The second-order valence-electron chi connectivity index (χ2n) is 4.27. The molecule has 0 aliphatic heterocycles. The molecule has 0 spiro atoms. The minimum atomic E-state index is -2.07. The van der Waals surface area contributed by atoms with Gasteiger partial charge in [0.2, 0.25) is 0 Å². The fraction of sp³-hybridized carbons (Fsp3) is 0.417. The number of aliphatic hydroxyl groups is 1. The average molecular weight is 316 g/mol. The number of aliphatic carboxylic acids is 1. The summed E-state index contributed by atoms with van der Waals surface area (Å²) >= 11 is 1.12. The van der Waals surface area contributed by atoms with Crippen molar-refractivity contribution in [1.29, 1.82) is 0 Å². The van der Waals surface area contributed by atoms with Gasteiger partial charge < -0.3 is 20.3 Å². The highest BCUT2D eigenvalue weighted by Gasteiger charge is 2.30. The molecule has 1 rings (SSSR count). The summed E-state index contributed by atoms with van der Waals surface area (Å²) in [6.07, 6.45) is 0. The van der Waals surface area contributed by atoms with Crippen LogP contribution in [-0.2, 0) is 9.53 Å². The molecule has 0 aromatic carbocycles. The van der Waals surface area contributed by atoms with Gasteiger partial charge in [0.15, 0.2) is 5.60 Å². The smallest absolute Gasteiger partial charge is 0.341 e. The van der Waals surface area contributed by atoms with E-state index in [1.807, 2.05) is 0 Å². The van der Waals surface area contributed by atoms with Crippen molar-refractivity contribution in [2.24, 2.45) is 0 Å². The Labute approximate surface area is 124 Å². The van der Waals surface area contributed by atoms with Crippen LogP contribution in [0.15, 0.2) is 11.4 Å². The van der Waals surface area contributed by atoms with Crippen LogP contribution >= 0.6 is 11.3 Å². The Kier molecular flexibility index (Phi) is 5.68. The van der Waals surface area contributed by atoms with Crippen molar-refractivity contribution in [3.05, 3.63) is 17.0 Å². The molecule has 0 bridgehead atoms. The van der Waals surface area contributed by atoms with Crippen LogP contribution in [0.1, 0.15) is 24.2 Å². The van der Waals surface area contributed by atoms with Crippen LogP contribution in [0.5, 0.6) is 0 Å². The van der Waals surface area contributed by atoms with Crippen LogP contribution in [0, 0.1) is 0 Å². The second kappa shape index (κ2) is 7.04. The zero-order valence-corrected chi connectivity index (χ0v) is 12.3. The Balaban J connectivity index is 2.62. The standard InChI is InChI=1S/C12H16N2O6S/c1-3-20-9(15)7-4-5-21-8(7)14-11(18)13-6-12(2,19)10(16)17/h4-5,19H,3,6H2,1-2H3,(H,16,17)(H2,13,14,18). The summed E-state index contributed by atoms with van der Waals surface area (Å²) in [4.78, 5) is 33.9. The van der Waals surface area contributed by atoms with E-state index in [1.165, 1.54) is 6.07 Å². The number of carboxylic acid groups (broad SMARTS) is 1. The number of rotatable bonds is 6. The van der Waals surface area contributed by atoms with E-state index in [-0.39, 0.29) is 17.2 Å². The summed E-state index contributed by atoms with van der Waals surface area (Å²) in [5, 5.41) is 24.7. The van der Waals surface area contributed by atoms with Gasteiger partial charge in [-0.1, -0.05) is 0 Å². The summed E-state index contributed by atoms with van der Waals surface area (Å²) in [7, 11) is 0. The first-order chi connectivity index (χ1) is 9.77. The molecule has 0 fully saturated rings. The van der Waals surface area contributed by atoms with E-state index in [1.54, 1.807) is 12.3 Å². The molecule has 9 heteroatoms. The van der Waals surface area contributed by atoms with Crippen LogP contribution in [-0.4, -0.2) is 46.9 Å². The van der Waals surface area contributed by atoms with E-state index >= 15 is 0 Å². The summed E-state index contributed by atoms with van der Waals surface area (Å²) in [6.45, 7) is 2.46. The zero-order chi connectivity index (χ0) is 16.0. The number of hydrogen-bond acceptors (Lipinski definition) is 6. The maximum absolute atomic E-state index is 11.6. The molecule has 1 atom stereocenters. The lowest BCUT2D eigenvalue weighted by Crippen LogP contribution is -2.47. The largest absolute Gasteiger partial charge is 0.479 e. The minimum Gasteiger partial charge on any atom is -0.479 e. The van der Waals surface area contributed by atoms with Crippen molar-refractivity contribution in [1.82, 2.24) is 5.32 Å². The predicted octanol–water partition coefficient (Wildman–Crippen LogP) is 0.882. The van der Waals surface area contributed by atoms with Gasteiger partial charge in [-0.05, 0) is 25.3 Å². The average Bonchev–Trinajstić information content (AvgIpc) is 2.85. The third kappa shape index (κ3) is 4.72. The summed E-state index contributed by atoms with van der Waals surface area (Å²) in [5.41, 5.74) is -1.86. The Hall–Kier alpha value is -2.13. The number of urea groups is 1.